The van der Waals surface area contributed by atoms with Crippen LogP contribution in [0.1, 0.15) is 28.7 Å². The van der Waals surface area contributed by atoms with Gasteiger partial charge in [-0.1, -0.05) is 5.21 Å². The van der Waals surface area contributed by atoms with Gasteiger partial charge in [0.05, 0.1) is 23.1 Å². The van der Waals surface area contributed by atoms with Crippen molar-refractivity contribution in [2.24, 2.45) is 12.9 Å². The maximum absolute atomic E-state index is 5.63. The molecule has 0 bridgehead atoms. The number of nitrogens with zero attached hydrogens (tertiary/aromatic N) is 5. The molecule has 0 aromatic carbocycles. The minimum Gasteiger partial charge on any atom is -0.271 e. The molecule has 0 saturated heterocycles. The first-order valence-electron chi connectivity index (χ1n) is 5.72. The van der Waals surface area contributed by atoms with Crippen molar-refractivity contribution >= 4 is 0 Å². The summed E-state index contributed by atoms with van der Waals surface area (Å²) in [4.78, 5) is 0. The molecule has 2 rings (SSSR count). The molecule has 7 heteroatoms. The fourth-order valence-corrected chi connectivity index (χ4v) is 1.88. The highest BCUT2D eigenvalue weighted by atomic mass is 15.4. The van der Waals surface area contributed by atoms with Gasteiger partial charge in [0.15, 0.2) is 0 Å². The van der Waals surface area contributed by atoms with Crippen LogP contribution in [0.2, 0.25) is 0 Å². The van der Waals surface area contributed by atoms with Gasteiger partial charge in [0.1, 0.15) is 0 Å². The Bertz CT molecular complexity index is 534. The Labute approximate surface area is 105 Å². The summed E-state index contributed by atoms with van der Waals surface area (Å²) in [6.07, 6.45) is 2.54. The molecule has 0 aliphatic rings. The topological polar surface area (TPSA) is 94.5 Å². The van der Waals surface area contributed by atoms with Crippen LogP contribution in [-0.4, -0.2) is 25.2 Å². The van der Waals surface area contributed by atoms with Crippen LogP contribution in [0.5, 0.6) is 0 Å². The van der Waals surface area contributed by atoms with Gasteiger partial charge in [-0.2, -0.15) is 10.2 Å². The SMILES string of the molecule is Cc1cc(C(Cc2cn(C)nn2)NN)c(C)nn1. The van der Waals surface area contributed by atoms with Crippen molar-refractivity contribution in [2.45, 2.75) is 26.3 Å². The Kier molecular flexibility index (Phi) is 3.63. The van der Waals surface area contributed by atoms with Crippen LogP contribution in [0.4, 0.5) is 0 Å². The molecule has 0 spiro atoms. The lowest BCUT2D eigenvalue weighted by atomic mass is 10.0. The van der Waals surface area contributed by atoms with Crippen molar-refractivity contribution in [1.82, 2.24) is 30.6 Å². The van der Waals surface area contributed by atoms with E-state index in [1.165, 1.54) is 0 Å². The van der Waals surface area contributed by atoms with Crippen LogP contribution >= 0.6 is 0 Å². The highest BCUT2D eigenvalue weighted by Crippen LogP contribution is 2.19. The molecule has 0 radical (unpaired) electrons. The molecule has 0 saturated carbocycles. The summed E-state index contributed by atoms with van der Waals surface area (Å²) in [6.45, 7) is 3.83. The predicted octanol–water partition coefficient (Wildman–Crippen LogP) is -0.0310. The minimum atomic E-state index is -0.0455. The van der Waals surface area contributed by atoms with Gasteiger partial charge >= 0.3 is 0 Å². The summed E-state index contributed by atoms with van der Waals surface area (Å²) in [6, 6.07) is 1.94. The van der Waals surface area contributed by atoms with E-state index in [2.05, 4.69) is 25.9 Å². The Morgan fingerprint density at radius 2 is 2.11 bits per heavy atom. The zero-order valence-electron chi connectivity index (χ0n) is 10.8. The third-order valence-corrected chi connectivity index (χ3v) is 2.78. The molecule has 0 aliphatic carbocycles. The smallest absolute Gasteiger partial charge is 0.0846 e. The third kappa shape index (κ3) is 2.69. The van der Waals surface area contributed by atoms with E-state index in [0.29, 0.717) is 6.42 Å². The van der Waals surface area contributed by atoms with E-state index < -0.39 is 0 Å². The molecule has 7 nitrogen and oxygen atoms in total. The number of aryl methyl sites for hydroxylation is 3. The lowest BCUT2D eigenvalue weighted by Gasteiger charge is -2.16. The number of rotatable bonds is 4. The molecule has 0 amide bonds. The predicted molar refractivity (Wildman–Crippen MR) is 66.3 cm³/mol. The Hall–Kier alpha value is -1.86. The maximum Gasteiger partial charge on any atom is 0.0846 e. The lowest BCUT2D eigenvalue weighted by molar-refractivity contribution is 0.538. The van der Waals surface area contributed by atoms with Crippen LogP contribution in [0, 0.1) is 13.8 Å². The standard InChI is InChI=1S/C11H17N7/c1-7-4-10(8(2)15-14-7)11(13-12)5-9-6-18(3)17-16-9/h4,6,11,13H,5,12H2,1-3H3. The van der Waals surface area contributed by atoms with Gasteiger partial charge in [0, 0.05) is 19.7 Å². The van der Waals surface area contributed by atoms with E-state index in [0.717, 1.165) is 22.6 Å². The van der Waals surface area contributed by atoms with Crippen LogP contribution in [0.3, 0.4) is 0 Å². The summed E-state index contributed by atoms with van der Waals surface area (Å²) in [5.74, 6) is 5.63. The van der Waals surface area contributed by atoms with E-state index in [9.17, 15) is 0 Å². The molecule has 3 N–H and O–H groups in total. The number of hydrogen-bond donors (Lipinski definition) is 2. The van der Waals surface area contributed by atoms with Crippen molar-refractivity contribution < 1.29 is 0 Å². The van der Waals surface area contributed by atoms with Crippen molar-refractivity contribution in [3.05, 3.63) is 34.9 Å². The van der Waals surface area contributed by atoms with Gasteiger partial charge in [0.2, 0.25) is 0 Å². The normalized spacial score (nSPS) is 12.7. The fourth-order valence-electron chi connectivity index (χ4n) is 1.88. The summed E-state index contributed by atoms with van der Waals surface area (Å²) in [7, 11) is 1.84. The van der Waals surface area contributed by atoms with Crippen molar-refractivity contribution in [3.8, 4) is 0 Å². The zero-order chi connectivity index (χ0) is 13.1. The van der Waals surface area contributed by atoms with Crippen molar-refractivity contribution in [1.29, 1.82) is 0 Å². The molecule has 0 aliphatic heterocycles. The quantitative estimate of drug-likeness (QED) is 0.582. The van der Waals surface area contributed by atoms with E-state index in [4.69, 9.17) is 5.84 Å². The fraction of sp³-hybridized carbons (Fsp3) is 0.455. The number of nitrogens with two attached hydrogens (primary N) is 1. The van der Waals surface area contributed by atoms with Crippen molar-refractivity contribution in [2.75, 3.05) is 0 Å². The Morgan fingerprint density at radius 1 is 1.33 bits per heavy atom. The average molecular weight is 247 g/mol. The van der Waals surface area contributed by atoms with Crippen LogP contribution in [-0.2, 0) is 13.5 Å². The first kappa shape index (κ1) is 12.6. The Balaban J connectivity index is 2.25. The molecule has 0 fully saturated rings. The average Bonchev–Trinajstić information content (AvgIpc) is 2.75. The van der Waals surface area contributed by atoms with E-state index in [1.807, 2.05) is 33.2 Å². The van der Waals surface area contributed by atoms with Gasteiger partial charge in [-0.05, 0) is 25.5 Å². The van der Waals surface area contributed by atoms with E-state index in [-0.39, 0.29) is 6.04 Å². The molecular formula is C11H17N7. The third-order valence-electron chi connectivity index (χ3n) is 2.78. The van der Waals surface area contributed by atoms with Gasteiger partial charge in [-0.15, -0.1) is 5.10 Å². The highest BCUT2D eigenvalue weighted by Gasteiger charge is 2.16. The second kappa shape index (κ2) is 5.19. The first-order valence-corrected chi connectivity index (χ1v) is 5.72. The monoisotopic (exact) mass is 247 g/mol. The van der Waals surface area contributed by atoms with Gasteiger partial charge < -0.3 is 0 Å². The number of hydrogen-bond acceptors (Lipinski definition) is 6. The second-order valence-corrected chi connectivity index (χ2v) is 4.33. The molecule has 1 unspecified atom stereocenters. The van der Waals surface area contributed by atoms with Crippen LogP contribution in [0.25, 0.3) is 0 Å². The summed E-state index contributed by atoms with van der Waals surface area (Å²) < 4.78 is 1.67. The van der Waals surface area contributed by atoms with Crippen LogP contribution in [0.15, 0.2) is 12.3 Å². The van der Waals surface area contributed by atoms with Crippen molar-refractivity contribution in [3.63, 3.8) is 0 Å². The Morgan fingerprint density at radius 3 is 2.72 bits per heavy atom. The first-order chi connectivity index (χ1) is 8.60. The molecule has 2 aromatic rings. The molecule has 2 aromatic heterocycles. The van der Waals surface area contributed by atoms with E-state index >= 15 is 0 Å². The number of nitrogens with one attached hydrogen (secondary N) is 1. The lowest BCUT2D eigenvalue weighted by Crippen LogP contribution is -2.30. The minimum absolute atomic E-state index is 0.0455. The number of aromatic nitrogens is 5. The molecule has 18 heavy (non-hydrogen) atoms. The summed E-state index contributed by atoms with van der Waals surface area (Å²) >= 11 is 0. The molecule has 1 atom stereocenters. The van der Waals surface area contributed by atoms with Gasteiger partial charge in [-0.3, -0.25) is 16.0 Å². The highest BCUT2D eigenvalue weighted by molar-refractivity contribution is 5.24. The molecular weight excluding hydrogens is 230 g/mol. The van der Waals surface area contributed by atoms with Crippen LogP contribution < -0.4 is 11.3 Å². The largest absolute Gasteiger partial charge is 0.271 e. The van der Waals surface area contributed by atoms with Gasteiger partial charge in [0.25, 0.3) is 0 Å². The zero-order valence-corrected chi connectivity index (χ0v) is 10.8. The summed E-state index contributed by atoms with van der Waals surface area (Å²) in [5.41, 5.74) is 6.46. The number of hydrazine groups is 1. The molecule has 96 valence electrons. The maximum atomic E-state index is 5.63. The second-order valence-electron chi connectivity index (χ2n) is 4.33. The van der Waals surface area contributed by atoms with E-state index in [1.54, 1.807) is 4.68 Å². The molecule has 2 heterocycles. The summed E-state index contributed by atoms with van der Waals surface area (Å²) in [5, 5.41) is 16.1. The van der Waals surface area contributed by atoms with Gasteiger partial charge in [-0.25, -0.2) is 0 Å².